The summed E-state index contributed by atoms with van der Waals surface area (Å²) in [6.07, 6.45) is 0. The molecule has 0 unspecified atom stereocenters. The first-order valence-corrected chi connectivity index (χ1v) is 15.7. The van der Waals surface area contributed by atoms with Crippen molar-refractivity contribution in [3.8, 4) is 44.9 Å². The first-order chi connectivity index (χ1) is 22.8. The van der Waals surface area contributed by atoms with E-state index in [9.17, 15) is 0 Å². The van der Waals surface area contributed by atoms with Crippen molar-refractivity contribution in [3.63, 3.8) is 0 Å². The number of fused-ring (bicyclic) bond motifs is 5. The first kappa shape index (κ1) is 26.3. The van der Waals surface area contributed by atoms with Gasteiger partial charge >= 0.3 is 0 Å². The normalized spacial score (nSPS) is 11.5. The zero-order valence-electron chi connectivity index (χ0n) is 25.1. The summed E-state index contributed by atoms with van der Waals surface area (Å²) >= 11 is 0. The SMILES string of the molecule is c1ccc(-c2c3ccccc3c(-c3ccccc3)c3cc(-c4cccc(-c5ccc6ccc7ccccc7c6n5)n4)ccc23)cc1. The average molecular weight is 585 g/mol. The largest absolute Gasteiger partial charge is 0.246 e. The molecule has 0 aliphatic heterocycles. The Morgan fingerprint density at radius 3 is 1.57 bits per heavy atom. The molecule has 0 bridgehead atoms. The van der Waals surface area contributed by atoms with Crippen LogP contribution in [0.2, 0.25) is 0 Å². The molecule has 7 aromatic carbocycles. The van der Waals surface area contributed by atoms with Crippen molar-refractivity contribution >= 4 is 43.2 Å². The predicted octanol–water partition coefficient (Wildman–Crippen LogP) is 11.8. The van der Waals surface area contributed by atoms with Crippen LogP contribution in [0, 0.1) is 0 Å². The predicted molar refractivity (Wildman–Crippen MR) is 194 cm³/mol. The van der Waals surface area contributed by atoms with Crippen LogP contribution in [-0.4, -0.2) is 9.97 Å². The lowest BCUT2D eigenvalue weighted by Gasteiger charge is -2.18. The highest BCUT2D eigenvalue weighted by Gasteiger charge is 2.18. The van der Waals surface area contributed by atoms with E-state index in [1.807, 2.05) is 0 Å². The van der Waals surface area contributed by atoms with Crippen molar-refractivity contribution in [1.82, 2.24) is 9.97 Å². The molecule has 0 N–H and O–H groups in total. The van der Waals surface area contributed by atoms with Crippen LogP contribution in [0.25, 0.3) is 88.1 Å². The van der Waals surface area contributed by atoms with E-state index in [1.54, 1.807) is 0 Å². The van der Waals surface area contributed by atoms with Gasteiger partial charge in [-0.1, -0.05) is 146 Å². The van der Waals surface area contributed by atoms with Crippen LogP contribution in [0.3, 0.4) is 0 Å². The van der Waals surface area contributed by atoms with Gasteiger partial charge in [0.1, 0.15) is 0 Å². The highest BCUT2D eigenvalue weighted by molar-refractivity contribution is 6.22. The lowest BCUT2D eigenvalue weighted by atomic mass is 9.85. The zero-order chi connectivity index (χ0) is 30.5. The summed E-state index contributed by atoms with van der Waals surface area (Å²) in [5.74, 6) is 0. The molecule has 0 amide bonds. The topological polar surface area (TPSA) is 25.8 Å². The maximum absolute atomic E-state index is 5.19. The van der Waals surface area contributed by atoms with Gasteiger partial charge in [-0.05, 0) is 73.5 Å². The van der Waals surface area contributed by atoms with Crippen LogP contribution >= 0.6 is 0 Å². The van der Waals surface area contributed by atoms with Gasteiger partial charge in [-0.3, -0.25) is 0 Å². The number of benzene rings is 7. The number of pyridine rings is 2. The second-order valence-electron chi connectivity index (χ2n) is 11.8. The molecule has 2 nitrogen and oxygen atoms in total. The average Bonchev–Trinajstić information content (AvgIpc) is 3.14. The number of hydrogen-bond acceptors (Lipinski definition) is 2. The maximum atomic E-state index is 5.19. The molecule has 9 aromatic rings. The van der Waals surface area contributed by atoms with Crippen LogP contribution in [0.1, 0.15) is 0 Å². The van der Waals surface area contributed by atoms with Gasteiger partial charge in [0, 0.05) is 16.3 Å². The first-order valence-electron chi connectivity index (χ1n) is 15.7. The fourth-order valence-corrected chi connectivity index (χ4v) is 6.91. The van der Waals surface area contributed by atoms with Gasteiger partial charge < -0.3 is 0 Å². The van der Waals surface area contributed by atoms with Crippen LogP contribution in [0.5, 0.6) is 0 Å². The minimum Gasteiger partial charge on any atom is -0.246 e. The van der Waals surface area contributed by atoms with Gasteiger partial charge in [0.15, 0.2) is 0 Å². The van der Waals surface area contributed by atoms with Crippen LogP contribution in [0.15, 0.2) is 170 Å². The fraction of sp³-hybridized carbons (Fsp3) is 0. The second kappa shape index (κ2) is 10.8. The summed E-state index contributed by atoms with van der Waals surface area (Å²) < 4.78 is 0. The highest BCUT2D eigenvalue weighted by Crippen LogP contribution is 2.44. The molecule has 2 aromatic heterocycles. The van der Waals surface area contributed by atoms with Crippen LogP contribution in [0.4, 0.5) is 0 Å². The molecule has 2 heterocycles. The lowest BCUT2D eigenvalue weighted by molar-refractivity contribution is 1.28. The van der Waals surface area contributed by atoms with E-state index in [-0.39, 0.29) is 0 Å². The minimum absolute atomic E-state index is 0.860. The molecule has 2 heteroatoms. The van der Waals surface area contributed by atoms with E-state index in [4.69, 9.17) is 9.97 Å². The maximum Gasteiger partial charge on any atom is 0.0894 e. The molecule has 0 spiro atoms. The highest BCUT2D eigenvalue weighted by atomic mass is 14.8. The smallest absolute Gasteiger partial charge is 0.0894 e. The van der Waals surface area contributed by atoms with Gasteiger partial charge in [0.25, 0.3) is 0 Å². The van der Waals surface area contributed by atoms with E-state index in [0.717, 1.165) is 38.9 Å². The van der Waals surface area contributed by atoms with Gasteiger partial charge in [-0.15, -0.1) is 0 Å². The third-order valence-corrected chi connectivity index (χ3v) is 9.04. The Kier molecular flexibility index (Phi) is 6.17. The van der Waals surface area contributed by atoms with E-state index < -0.39 is 0 Å². The molecule has 0 aliphatic carbocycles. The Bertz CT molecular complexity index is 2570. The standard InChI is InChI=1S/C44H28N2/c1-3-13-30(14-4-1)42-35-18-9-10-19-36(35)43(31-15-5-2-6-16-31)38-28-33(24-26-37(38)42)39-20-11-21-40(45-39)41-27-25-32-23-22-29-12-7-8-17-34(29)44(32)46-41/h1-28H. The Morgan fingerprint density at radius 2 is 0.826 bits per heavy atom. The summed E-state index contributed by atoms with van der Waals surface area (Å²) in [6.45, 7) is 0. The van der Waals surface area contributed by atoms with E-state index in [1.165, 1.54) is 49.2 Å². The molecule has 46 heavy (non-hydrogen) atoms. The van der Waals surface area contributed by atoms with Crippen molar-refractivity contribution in [2.45, 2.75) is 0 Å². The third-order valence-electron chi connectivity index (χ3n) is 9.04. The quantitative estimate of drug-likeness (QED) is 0.152. The molecule has 0 fully saturated rings. The molecule has 9 rings (SSSR count). The van der Waals surface area contributed by atoms with E-state index >= 15 is 0 Å². The summed E-state index contributed by atoms with van der Waals surface area (Å²) in [4.78, 5) is 10.3. The molecular formula is C44H28N2. The van der Waals surface area contributed by atoms with Gasteiger partial charge in [-0.2, -0.15) is 0 Å². The van der Waals surface area contributed by atoms with Crippen molar-refractivity contribution in [3.05, 3.63) is 170 Å². The lowest BCUT2D eigenvalue weighted by Crippen LogP contribution is -1.93. The Labute approximate surface area is 267 Å². The van der Waals surface area contributed by atoms with Crippen molar-refractivity contribution < 1.29 is 0 Å². The molecule has 0 aliphatic rings. The van der Waals surface area contributed by atoms with Gasteiger partial charge in [0.05, 0.1) is 22.6 Å². The molecule has 0 atom stereocenters. The van der Waals surface area contributed by atoms with Gasteiger partial charge in [0.2, 0.25) is 0 Å². The fourth-order valence-electron chi connectivity index (χ4n) is 6.91. The van der Waals surface area contributed by atoms with Crippen LogP contribution in [-0.2, 0) is 0 Å². The van der Waals surface area contributed by atoms with E-state index in [0.29, 0.717) is 0 Å². The second-order valence-corrected chi connectivity index (χ2v) is 11.8. The Hall–Kier alpha value is -6.12. The zero-order valence-corrected chi connectivity index (χ0v) is 25.1. The molecule has 214 valence electrons. The van der Waals surface area contributed by atoms with Crippen molar-refractivity contribution in [1.29, 1.82) is 0 Å². The number of rotatable bonds is 4. The summed E-state index contributed by atoms with van der Waals surface area (Å²) in [5.41, 5.74) is 9.65. The Morgan fingerprint density at radius 1 is 0.283 bits per heavy atom. The molecule has 0 saturated heterocycles. The summed E-state index contributed by atoms with van der Waals surface area (Å²) in [5, 5.41) is 8.41. The number of nitrogens with zero attached hydrogens (tertiary/aromatic N) is 2. The third kappa shape index (κ3) is 4.35. The monoisotopic (exact) mass is 584 g/mol. The Balaban J connectivity index is 1.27. The number of aromatic nitrogens is 2. The number of hydrogen-bond donors (Lipinski definition) is 0. The summed E-state index contributed by atoms with van der Waals surface area (Å²) in [7, 11) is 0. The van der Waals surface area contributed by atoms with E-state index in [2.05, 4.69) is 170 Å². The summed E-state index contributed by atoms with van der Waals surface area (Å²) in [6, 6.07) is 60.3. The molecule has 0 radical (unpaired) electrons. The molecule has 0 saturated carbocycles. The molecular weight excluding hydrogens is 556 g/mol. The van der Waals surface area contributed by atoms with Crippen molar-refractivity contribution in [2.75, 3.05) is 0 Å². The van der Waals surface area contributed by atoms with Crippen molar-refractivity contribution in [2.24, 2.45) is 0 Å². The van der Waals surface area contributed by atoms with Gasteiger partial charge in [-0.25, -0.2) is 9.97 Å². The van der Waals surface area contributed by atoms with Crippen LogP contribution < -0.4 is 0 Å². The minimum atomic E-state index is 0.860.